The van der Waals surface area contributed by atoms with Crippen LogP contribution in [0.3, 0.4) is 0 Å². The molecule has 1 unspecified atom stereocenters. The molecule has 40 heavy (non-hydrogen) atoms. The first kappa shape index (κ1) is 28.8. The van der Waals surface area contributed by atoms with Gasteiger partial charge in [-0.3, -0.25) is 14.5 Å². The molecule has 6 heteroatoms. The number of hydrogen-bond donors (Lipinski definition) is 1. The monoisotopic (exact) mass is 539 g/mol. The van der Waals surface area contributed by atoms with Gasteiger partial charge in [-0.05, 0) is 72.2 Å². The van der Waals surface area contributed by atoms with Gasteiger partial charge in [0.2, 0.25) is 0 Å². The van der Waals surface area contributed by atoms with E-state index in [9.17, 15) is 19.5 Å². The lowest BCUT2D eigenvalue weighted by Crippen LogP contribution is -2.29. The molecule has 3 aromatic carbocycles. The molecule has 1 fully saturated rings. The van der Waals surface area contributed by atoms with Crippen molar-refractivity contribution < 1.29 is 24.2 Å². The molecule has 1 saturated heterocycles. The molecule has 1 N–H and O–H groups in total. The molecular formula is C34H37NO5. The number of ether oxygens (including phenoxy) is 1. The van der Waals surface area contributed by atoms with Crippen LogP contribution < -0.4 is 4.90 Å². The van der Waals surface area contributed by atoms with Crippen LogP contribution >= 0.6 is 0 Å². The molecular weight excluding hydrogens is 502 g/mol. The van der Waals surface area contributed by atoms with Gasteiger partial charge < -0.3 is 9.84 Å². The number of carbonyl (C=O) groups excluding carboxylic acids is 3. The van der Waals surface area contributed by atoms with Crippen LogP contribution in [-0.4, -0.2) is 29.4 Å². The highest BCUT2D eigenvalue weighted by molar-refractivity contribution is 6.51. The zero-order chi connectivity index (χ0) is 29.4. The predicted molar refractivity (Wildman–Crippen MR) is 157 cm³/mol. The fourth-order valence-electron chi connectivity index (χ4n) is 4.83. The summed E-state index contributed by atoms with van der Waals surface area (Å²) in [7, 11) is 0. The van der Waals surface area contributed by atoms with Crippen LogP contribution in [0.5, 0.6) is 0 Å². The van der Waals surface area contributed by atoms with Crippen molar-refractivity contribution in [3.63, 3.8) is 0 Å². The van der Waals surface area contributed by atoms with Gasteiger partial charge in [0, 0.05) is 11.3 Å². The Morgan fingerprint density at radius 1 is 0.975 bits per heavy atom. The Morgan fingerprint density at radius 3 is 2.25 bits per heavy atom. The van der Waals surface area contributed by atoms with E-state index >= 15 is 0 Å². The smallest absolute Gasteiger partial charge is 0.338 e. The van der Waals surface area contributed by atoms with E-state index in [1.165, 1.54) is 4.90 Å². The zero-order valence-electron chi connectivity index (χ0n) is 24.2. The Balaban J connectivity index is 1.86. The number of carbonyl (C=O) groups is 3. The summed E-state index contributed by atoms with van der Waals surface area (Å²) in [4.78, 5) is 41.0. The van der Waals surface area contributed by atoms with E-state index in [0.717, 1.165) is 16.7 Å². The first-order valence-electron chi connectivity index (χ1n) is 13.6. The summed E-state index contributed by atoms with van der Waals surface area (Å²) >= 11 is 0. The van der Waals surface area contributed by atoms with Crippen molar-refractivity contribution in [1.82, 2.24) is 0 Å². The van der Waals surface area contributed by atoms with Gasteiger partial charge in [-0.25, -0.2) is 4.79 Å². The molecule has 1 amide bonds. The first-order valence-corrected chi connectivity index (χ1v) is 13.6. The fraction of sp³-hybridized carbons (Fsp3) is 0.324. The highest BCUT2D eigenvalue weighted by atomic mass is 16.5. The normalized spacial score (nSPS) is 17.0. The van der Waals surface area contributed by atoms with Crippen molar-refractivity contribution in [3.8, 4) is 0 Å². The highest BCUT2D eigenvalue weighted by Gasteiger charge is 2.47. The number of ketones is 1. The van der Waals surface area contributed by atoms with E-state index in [4.69, 9.17) is 4.74 Å². The second kappa shape index (κ2) is 11.1. The molecule has 3 aromatic rings. The predicted octanol–water partition coefficient (Wildman–Crippen LogP) is 7.04. The molecule has 0 spiro atoms. The number of esters is 1. The minimum absolute atomic E-state index is 0.0326. The van der Waals surface area contributed by atoms with Gasteiger partial charge in [-0.15, -0.1) is 0 Å². The molecule has 0 radical (unpaired) electrons. The summed E-state index contributed by atoms with van der Waals surface area (Å²) in [6.45, 7) is 14.3. The molecule has 6 nitrogen and oxygen atoms in total. The summed E-state index contributed by atoms with van der Waals surface area (Å²) in [5.41, 5.74) is 4.61. The average Bonchev–Trinajstić information content (AvgIpc) is 3.16. The van der Waals surface area contributed by atoms with Crippen LogP contribution in [-0.2, 0) is 19.7 Å². The summed E-state index contributed by atoms with van der Waals surface area (Å²) in [5, 5.41) is 11.7. The number of rotatable bonds is 6. The van der Waals surface area contributed by atoms with E-state index in [2.05, 4.69) is 20.8 Å². The summed E-state index contributed by atoms with van der Waals surface area (Å²) in [6, 6.07) is 19.0. The Labute approximate surface area is 236 Å². The van der Waals surface area contributed by atoms with E-state index in [1.54, 1.807) is 24.3 Å². The van der Waals surface area contributed by atoms with Crippen molar-refractivity contribution in [2.75, 3.05) is 11.5 Å². The van der Waals surface area contributed by atoms with Crippen LogP contribution in [0.15, 0.2) is 72.3 Å². The van der Waals surface area contributed by atoms with Crippen LogP contribution in [0.2, 0.25) is 0 Å². The molecule has 0 saturated carbocycles. The average molecular weight is 540 g/mol. The molecule has 1 atom stereocenters. The highest BCUT2D eigenvalue weighted by Crippen LogP contribution is 2.43. The lowest BCUT2D eigenvalue weighted by Gasteiger charge is -2.26. The lowest BCUT2D eigenvalue weighted by molar-refractivity contribution is -0.132. The van der Waals surface area contributed by atoms with Gasteiger partial charge in [0.05, 0.1) is 23.8 Å². The number of anilines is 1. The van der Waals surface area contributed by atoms with E-state index in [1.807, 2.05) is 70.2 Å². The molecule has 208 valence electrons. The Morgan fingerprint density at radius 2 is 1.65 bits per heavy atom. The Hall–Kier alpha value is -4.19. The maximum atomic E-state index is 13.6. The summed E-state index contributed by atoms with van der Waals surface area (Å²) in [5.74, 6) is -1.95. The number of Topliss-reactive ketones (excluding diaryl/α,β-unsaturated/α-hetero) is 1. The molecule has 0 aromatic heterocycles. The summed E-state index contributed by atoms with van der Waals surface area (Å²) < 4.78 is 5.32. The van der Waals surface area contributed by atoms with Crippen molar-refractivity contribution in [2.45, 2.75) is 59.9 Å². The molecule has 1 aliphatic heterocycles. The maximum Gasteiger partial charge on any atom is 0.338 e. The van der Waals surface area contributed by atoms with Crippen LogP contribution in [0.4, 0.5) is 5.69 Å². The number of hydrogen-bond acceptors (Lipinski definition) is 5. The number of benzene rings is 3. The van der Waals surface area contributed by atoms with Crippen molar-refractivity contribution in [1.29, 1.82) is 0 Å². The number of aliphatic hydroxyl groups excluding tert-OH is 1. The second-order valence-electron chi connectivity index (χ2n) is 11.9. The third-order valence-electron chi connectivity index (χ3n) is 7.09. The largest absolute Gasteiger partial charge is 0.507 e. The van der Waals surface area contributed by atoms with Crippen LogP contribution in [0.25, 0.3) is 5.76 Å². The zero-order valence-corrected chi connectivity index (χ0v) is 24.2. The van der Waals surface area contributed by atoms with Gasteiger partial charge >= 0.3 is 5.97 Å². The molecule has 0 bridgehead atoms. The summed E-state index contributed by atoms with van der Waals surface area (Å²) in [6.07, 6.45) is 0. The number of amides is 1. The minimum atomic E-state index is -0.851. The van der Waals surface area contributed by atoms with Crippen molar-refractivity contribution in [3.05, 3.63) is 106 Å². The number of aryl methyl sites for hydroxylation is 2. The SMILES string of the molecule is Cc1cccc(C2/C(=C(\O)c3cc(C(C)(C)C)ccc3C)C(=O)C(=O)N2c2ccc(C(=O)OCC(C)C)cc2)c1. The van der Waals surface area contributed by atoms with Gasteiger partial charge in [-0.1, -0.05) is 76.6 Å². The van der Waals surface area contributed by atoms with Gasteiger partial charge in [0.15, 0.2) is 0 Å². The third-order valence-corrected chi connectivity index (χ3v) is 7.09. The standard InChI is InChI=1S/C34H37NO5/c1-20(2)19-40-33(39)23-12-15-26(16-13-23)35-29(24-10-8-9-21(3)17-24)28(31(37)32(35)38)30(36)27-18-25(34(5,6)7)14-11-22(27)4/h8-18,20,29,36H,19H2,1-7H3/b30-28+. The Bertz CT molecular complexity index is 1490. The molecule has 1 aliphatic rings. The van der Waals surface area contributed by atoms with E-state index in [-0.39, 0.29) is 22.7 Å². The molecule has 1 heterocycles. The minimum Gasteiger partial charge on any atom is -0.507 e. The second-order valence-corrected chi connectivity index (χ2v) is 11.9. The van der Waals surface area contributed by atoms with Gasteiger partial charge in [0.25, 0.3) is 11.7 Å². The van der Waals surface area contributed by atoms with Gasteiger partial charge in [-0.2, -0.15) is 0 Å². The van der Waals surface area contributed by atoms with Gasteiger partial charge in [0.1, 0.15) is 5.76 Å². The lowest BCUT2D eigenvalue weighted by atomic mass is 9.84. The maximum absolute atomic E-state index is 13.6. The topological polar surface area (TPSA) is 83.9 Å². The number of aliphatic hydroxyl groups is 1. The fourth-order valence-corrected chi connectivity index (χ4v) is 4.83. The van der Waals surface area contributed by atoms with Crippen molar-refractivity contribution >= 4 is 29.1 Å². The molecule has 4 rings (SSSR count). The first-order chi connectivity index (χ1) is 18.8. The third kappa shape index (κ3) is 5.71. The number of nitrogens with zero attached hydrogens (tertiary/aromatic N) is 1. The van der Waals surface area contributed by atoms with Crippen molar-refractivity contribution in [2.24, 2.45) is 5.92 Å². The molecule has 0 aliphatic carbocycles. The Kier molecular flexibility index (Phi) is 8.01. The van der Waals surface area contributed by atoms with Crippen LogP contribution in [0.1, 0.15) is 78.8 Å². The quantitative estimate of drug-likeness (QED) is 0.157. The van der Waals surface area contributed by atoms with E-state index in [0.29, 0.717) is 29.0 Å². The van der Waals surface area contributed by atoms with Crippen LogP contribution in [0, 0.1) is 19.8 Å². The van der Waals surface area contributed by atoms with E-state index < -0.39 is 23.7 Å².